The molecule has 0 unspecified atom stereocenters. The first kappa shape index (κ1) is 22.5. The average Bonchev–Trinajstić information content (AvgIpc) is 3.37. The lowest BCUT2D eigenvalue weighted by atomic mass is 9.96. The van der Waals surface area contributed by atoms with Crippen LogP contribution in [0.1, 0.15) is 0 Å². The number of benzene rings is 6. The van der Waals surface area contributed by atoms with E-state index in [0.29, 0.717) is 0 Å². The van der Waals surface area contributed by atoms with Crippen molar-refractivity contribution < 1.29 is 0 Å². The fourth-order valence-corrected chi connectivity index (χ4v) is 6.45. The van der Waals surface area contributed by atoms with Gasteiger partial charge in [-0.15, -0.1) is 11.3 Å². The zero-order valence-corrected chi connectivity index (χ0v) is 21.6. The molecule has 6 aromatic carbocycles. The number of nitrogens with zero attached hydrogens (tertiary/aromatic N) is 1. The standard InChI is InChI=1S/C36H25NS/c1-4-12-27(13-5-1)33-24-28(25-34-32-18-10-11-19-35(32)38-36(33)34)26-20-22-31(23-21-26)37(29-14-6-2-7-15-29)30-16-8-3-9-17-30/h1-25H. The molecule has 0 aliphatic heterocycles. The molecule has 7 aromatic rings. The highest BCUT2D eigenvalue weighted by atomic mass is 32.1. The Labute approximate surface area is 226 Å². The molecule has 1 aromatic heterocycles. The zero-order chi connectivity index (χ0) is 25.3. The molecular weight excluding hydrogens is 478 g/mol. The van der Waals surface area contributed by atoms with E-state index in [2.05, 4.69) is 157 Å². The Morgan fingerprint density at radius 3 is 1.61 bits per heavy atom. The van der Waals surface area contributed by atoms with Gasteiger partial charge in [-0.2, -0.15) is 0 Å². The van der Waals surface area contributed by atoms with Gasteiger partial charge in [0.1, 0.15) is 0 Å². The number of para-hydroxylation sites is 2. The van der Waals surface area contributed by atoms with Gasteiger partial charge < -0.3 is 4.90 Å². The first-order valence-corrected chi connectivity index (χ1v) is 13.7. The molecule has 0 spiro atoms. The van der Waals surface area contributed by atoms with Crippen LogP contribution < -0.4 is 4.90 Å². The first-order valence-electron chi connectivity index (χ1n) is 12.9. The van der Waals surface area contributed by atoms with E-state index < -0.39 is 0 Å². The van der Waals surface area contributed by atoms with Crippen molar-refractivity contribution in [3.05, 3.63) is 152 Å². The molecule has 0 radical (unpaired) electrons. The smallest absolute Gasteiger partial charge is 0.0462 e. The Morgan fingerprint density at radius 2 is 0.947 bits per heavy atom. The number of anilines is 3. The van der Waals surface area contributed by atoms with E-state index in [4.69, 9.17) is 0 Å². The first-order chi connectivity index (χ1) is 18.8. The van der Waals surface area contributed by atoms with Crippen molar-refractivity contribution in [3.8, 4) is 22.3 Å². The third-order valence-corrected chi connectivity index (χ3v) is 8.27. The largest absolute Gasteiger partial charge is 0.311 e. The molecule has 0 N–H and O–H groups in total. The van der Waals surface area contributed by atoms with E-state index in [0.717, 1.165) is 17.1 Å². The molecule has 0 saturated heterocycles. The van der Waals surface area contributed by atoms with Crippen molar-refractivity contribution >= 4 is 48.6 Å². The molecular formula is C36H25NS. The van der Waals surface area contributed by atoms with Crippen LogP contribution in [0.4, 0.5) is 17.1 Å². The molecule has 0 atom stereocenters. The fourth-order valence-electron chi connectivity index (χ4n) is 5.23. The SMILES string of the molecule is c1ccc(-c2cc(-c3ccc(N(c4ccccc4)c4ccccc4)cc3)cc3c2sc2ccccc23)cc1. The van der Waals surface area contributed by atoms with Gasteiger partial charge in [-0.05, 0) is 71.3 Å². The van der Waals surface area contributed by atoms with Crippen molar-refractivity contribution in [3.63, 3.8) is 0 Å². The minimum absolute atomic E-state index is 1.14. The van der Waals surface area contributed by atoms with E-state index >= 15 is 0 Å². The van der Waals surface area contributed by atoms with Gasteiger partial charge in [-0.3, -0.25) is 0 Å². The Bertz CT molecular complexity index is 1800. The van der Waals surface area contributed by atoms with E-state index in [-0.39, 0.29) is 0 Å². The molecule has 7 rings (SSSR count). The molecule has 0 saturated carbocycles. The highest BCUT2D eigenvalue weighted by Crippen LogP contribution is 2.43. The maximum atomic E-state index is 2.36. The van der Waals surface area contributed by atoms with Crippen LogP contribution in [0.2, 0.25) is 0 Å². The Balaban J connectivity index is 1.37. The molecule has 0 aliphatic carbocycles. The lowest BCUT2D eigenvalue weighted by Gasteiger charge is -2.25. The van der Waals surface area contributed by atoms with Gasteiger partial charge in [0.2, 0.25) is 0 Å². The molecule has 0 bridgehead atoms. The summed E-state index contributed by atoms with van der Waals surface area (Å²) in [5.74, 6) is 0. The van der Waals surface area contributed by atoms with Gasteiger partial charge in [0.05, 0.1) is 0 Å². The average molecular weight is 504 g/mol. The van der Waals surface area contributed by atoms with Gasteiger partial charge in [0, 0.05) is 42.8 Å². The molecule has 38 heavy (non-hydrogen) atoms. The molecule has 1 nitrogen and oxygen atoms in total. The third-order valence-electron chi connectivity index (χ3n) is 7.05. The lowest BCUT2D eigenvalue weighted by molar-refractivity contribution is 1.28. The third kappa shape index (κ3) is 4.06. The monoisotopic (exact) mass is 503 g/mol. The minimum atomic E-state index is 1.14. The van der Waals surface area contributed by atoms with Crippen LogP contribution in [0, 0.1) is 0 Å². The quantitative estimate of drug-likeness (QED) is 0.226. The molecule has 0 amide bonds. The summed E-state index contributed by atoms with van der Waals surface area (Å²) < 4.78 is 2.67. The highest BCUT2D eigenvalue weighted by Gasteiger charge is 2.15. The van der Waals surface area contributed by atoms with Crippen LogP contribution in [0.25, 0.3) is 42.4 Å². The predicted octanol–water partition coefficient (Wildman–Crippen LogP) is 10.9. The summed E-state index contributed by atoms with van der Waals surface area (Å²) in [6.45, 7) is 0. The predicted molar refractivity (Wildman–Crippen MR) is 165 cm³/mol. The topological polar surface area (TPSA) is 3.24 Å². The molecule has 180 valence electrons. The molecule has 0 fully saturated rings. The van der Waals surface area contributed by atoms with Crippen molar-refractivity contribution in [2.45, 2.75) is 0 Å². The highest BCUT2D eigenvalue weighted by molar-refractivity contribution is 7.26. The molecule has 1 heterocycles. The Kier molecular flexibility index (Phi) is 5.73. The van der Waals surface area contributed by atoms with Crippen LogP contribution in [-0.4, -0.2) is 0 Å². The van der Waals surface area contributed by atoms with Crippen molar-refractivity contribution in [1.82, 2.24) is 0 Å². The van der Waals surface area contributed by atoms with Crippen LogP contribution in [0.5, 0.6) is 0 Å². The summed E-state index contributed by atoms with van der Waals surface area (Å²) in [5, 5.41) is 2.64. The summed E-state index contributed by atoms with van der Waals surface area (Å²) in [7, 11) is 0. The van der Waals surface area contributed by atoms with Gasteiger partial charge in [-0.25, -0.2) is 0 Å². The van der Waals surface area contributed by atoms with Crippen LogP contribution in [-0.2, 0) is 0 Å². The Hall–Kier alpha value is -4.66. The van der Waals surface area contributed by atoms with Crippen LogP contribution >= 0.6 is 11.3 Å². The Morgan fingerprint density at radius 1 is 0.395 bits per heavy atom. The van der Waals surface area contributed by atoms with Crippen LogP contribution in [0.15, 0.2) is 152 Å². The van der Waals surface area contributed by atoms with Gasteiger partial charge in [-0.1, -0.05) is 97.1 Å². The summed E-state index contributed by atoms with van der Waals surface area (Å²) in [5.41, 5.74) is 8.41. The molecule has 0 aliphatic rings. The van der Waals surface area contributed by atoms with E-state index in [9.17, 15) is 0 Å². The number of thiophene rings is 1. The summed E-state index contributed by atoms with van der Waals surface area (Å²) in [6, 6.07) is 54.3. The number of hydrogen-bond donors (Lipinski definition) is 0. The summed E-state index contributed by atoms with van der Waals surface area (Å²) in [4.78, 5) is 2.30. The zero-order valence-electron chi connectivity index (χ0n) is 20.8. The normalized spacial score (nSPS) is 11.2. The van der Waals surface area contributed by atoms with Gasteiger partial charge in [0.15, 0.2) is 0 Å². The molecule has 2 heteroatoms. The number of fused-ring (bicyclic) bond motifs is 3. The van der Waals surface area contributed by atoms with E-state index in [1.54, 1.807) is 0 Å². The second kappa shape index (κ2) is 9.66. The maximum absolute atomic E-state index is 2.36. The van der Waals surface area contributed by atoms with Gasteiger partial charge in [0.25, 0.3) is 0 Å². The minimum Gasteiger partial charge on any atom is -0.311 e. The van der Waals surface area contributed by atoms with Crippen molar-refractivity contribution in [2.75, 3.05) is 4.90 Å². The number of rotatable bonds is 5. The van der Waals surface area contributed by atoms with Gasteiger partial charge >= 0.3 is 0 Å². The summed E-state index contributed by atoms with van der Waals surface area (Å²) in [6.07, 6.45) is 0. The lowest BCUT2D eigenvalue weighted by Crippen LogP contribution is -2.09. The second-order valence-corrected chi connectivity index (χ2v) is 10.5. The van der Waals surface area contributed by atoms with E-state index in [1.807, 2.05) is 11.3 Å². The summed E-state index contributed by atoms with van der Waals surface area (Å²) >= 11 is 1.88. The maximum Gasteiger partial charge on any atom is 0.0462 e. The van der Waals surface area contributed by atoms with Crippen LogP contribution in [0.3, 0.4) is 0 Å². The van der Waals surface area contributed by atoms with E-state index in [1.165, 1.54) is 42.4 Å². The number of hydrogen-bond acceptors (Lipinski definition) is 2. The fraction of sp³-hybridized carbons (Fsp3) is 0. The van der Waals surface area contributed by atoms with Crippen molar-refractivity contribution in [2.24, 2.45) is 0 Å². The second-order valence-electron chi connectivity index (χ2n) is 9.42. The van der Waals surface area contributed by atoms with Crippen molar-refractivity contribution in [1.29, 1.82) is 0 Å².